The van der Waals surface area contributed by atoms with Crippen molar-refractivity contribution in [3.05, 3.63) is 58.6 Å². The Bertz CT molecular complexity index is 1250. The van der Waals surface area contributed by atoms with Crippen LogP contribution in [0.3, 0.4) is 0 Å². The molecule has 2 aromatic carbocycles. The highest BCUT2D eigenvalue weighted by atomic mass is 35.5. The molecule has 0 saturated carbocycles. The summed E-state index contributed by atoms with van der Waals surface area (Å²) in [4.78, 5) is 43.3. The highest BCUT2D eigenvalue weighted by Gasteiger charge is 2.24. The van der Waals surface area contributed by atoms with Crippen molar-refractivity contribution >= 4 is 52.7 Å². The van der Waals surface area contributed by atoms with Crippen molar-refractivity contribution in [2.75, 3.05) is 37.4 Å². The number of amides is 2. The van der Waals surface area contributed by atoms with Crippen molar-refractivity contribution in [2.45, 2.75) is 25.4 Å². The van der Waals surface area contributed by atoms with Crippen LogP contribution in [0.15, 0.2) is 48.0 Å². The van der Waals surface area contributed by atoms with Gasteiger partial charge in [-0.3, -0.25) is 14.9 Å². The van der Waals surface area contributed by atoms with Gasteiger partial charge < -0.3 is 19.7 Å². The Kier molecular flexibility index (Phi) is 9.10. The Morgan fingerprint density at radius 3 is 2.65 bits per heavy atom. The molecule has 2 amide bonds. The molecule has 0 atom stereocenters. The molecule has 3 aromatic rings. The second-order valence-corrected chi connectivity index (χ2v) is 9.72. The predicted molar refractivity (Wildman–Crippen MR) is 144 cm³/mol. The molecule has 1 aliphatic rings. The van der Waals surface area contributed by atoms with Crippen LogP contribution in [0, 0.1) is 0 Å². The smallest absolute Gasteiger partial charge is 0.413 e. The molecule has 2 heterocycles. The normalized spacial score (nSPS) is 14.1. The number of nitrogens with one attached hydrogen (secondary N) is 2. The Balaban J connectivity index is 1.20. The lowest BCUT2D eigenvalue weighted by Crippen LogP contribution is -2.39. The van der Waals surface area contributed by atoms with Crippen LogP contribution in [0.25, 0.3) is 10.4 Å². The van der Waals surface area contributed by atoms with Crippen LogP contribution in [0.2, 0.25) is 5.02 Å². The van der Waals surface area contributed by atoms with Crippen LogP contribution in [-0.2, 0) is 9.53 Å². The van der Waals surface area contributed by atoms with Crippen LogP contribution in [0.4, 0.5) is 16.3 Å². The Labute approximate surface area is 223 Å². The van der Waals surface area contributed by atoms with Gasteiger partial charge in [0.2, 0.25) is 5.91 Å². The highest BCUT2D eigenvalue weighted by Crippen LogP contribution is 2.32. The first-order valence-corrected chi connectivity index (χ1v) is 13.0. The lowest BCUT2D eigenvalue weighted by atomic mass is 10.1. The SMILES string of the molecule is COc1cc(NC(=O)CCN2CCC(OC(=O)Nc3ncsc3-c3ccccc3)CC2)c(Cl)cc1C=O. The summed E-state index contributed by atoms with van der Waals surface area (Å²) >= 11 is 7.64. The number of carbonyl (C=O) groups excluding carboxylic acids is 3. The monoisotopic (exact) mass is 542 g/mol. The van der Waals surface area contributed by atoms with E-state index in [9.17, 15) is 14.4 Å². The number of thiazole rings is 1. The summed E-state index contributed by atoms with van der Waals surface area (Å²) in [6.07, 6.45) is 1.54. The summed E-state index contributed by atoms with van der Waals surface area (Å²) in [5, 5.41) is 5.80. The molecule has 0 spiro atoms. The topological polar surface area (TPSA) is 110 Å². The van der Waals surface area contributed by atoms with Gasteiger partial charge >= 0.3 is 6.09 Å². The maximum Gasteiger partial charge on any atom is 0.413 e. The Hall–Kier alpha value is -3.47. The minimum atomic E-state index is -0.520. The van der Waals surface area contributed by atoms with E-state index < -0.39 is 6.09 Å². The molecular formula is C26H27ClN4O5S. The number of benzene rings is 2. The predicted octanol–water partition coefficient (Wildman–Crippen LogP) is 5.33. The van der Waals surface area contributed by atoms with E-state index in [1.165, 1.54) is 30.6 Å². The first-order valence-electron chi connectivity index (χ1n) is 11.8. The van der Waals surface area contributed by atoms with E-state index >= 15 is 0 Å². The van der Waals surface area contributed by atoms with Gasteiger partial charge in [0.15, 0.2) is 12.1 Å². The molecule has 1 saturated heterocycles. The third kappa shape index (κ3) is 7.06. The molecule has 2 N–H and O–H groups in total. The van der Waals surface area contributed by atoms with E-state index in [2.05, 4.69) is 20.5 Å². The van der Waals surface area contributed by atoms with Gasteiger partial charge in [-0.05, 0) is 24.5 Å². The number of carbonyl (C=O) groups is 3. The maximum atomic E-state index is 12.5. The number of piperidine rings is 1. The van der Waals surface area contributed by atoms with Gasteiger partial charge in [0.05, 0.1) is 33.8 Å². The Morgan fingerprint density at radius 2 is 1.95 bits per heavy atom. The van der Waals surface area contributed by atoms with Crippen molar-refractivity contribution in [2.24, 2.45) is 0 Å². The molecule has 9 nitrogen and oxygen atoms in total. The average molecular weight is 543 g/mol. The van der Waals surface area contributed by atoms with Crippen molar-refractivity contribution in [1.29, 1.82) is 0 Å². The molecule has 194 valence electrons. The largest absolute Gasteiger partial charge is 0.496 e. The Morgan fingerprint density at radius 1 is 1.19 bits per heavy atom. The summed E-state index contributed by atoms with van der Waals surface area (Å²) in [6.45, 7) is 1.98. The molecule has 0 aliphatic carbocycles. The summed E-state index contributed by atoms with van der Waals surface area (Å²) in [6, 6.07) is 12.7. The fourth-order valence-corrected chi connectivity index (χ4v) is 5.03. The second kappa shape index (κ2) is 12.7. The molecule has 37 heavy (non-hydrogen) atoms. The second-order valence-electron chi connectivity index (χ2n) is 8.46. The van der Waals surface area contributed by atoms with E-state index in [4.69, 9.17) is 21.1 Å². The van der Waals surface area contributed by atoms with Gasteiger partial charge in [0, 0.05) is 32.1 Å². The lowest BCUT2D eigenvalue weighted by Gasteiger charge is -2.31. The molecule has 4 rings (SSSR count). The zero-order valence-corrected chi connectivity index (χ0v) is 21.8. The maximum absolute atomic E-state index is 12.5. The fraction of sp³-hybridized carbons (Fsp3) is 0.308. The number of ether oxygens (including phenoxy) is 2. The van der Waals surface area contributed by atoms with E-state index in [1.54, 1.807) is 5.51 Å². The molecule has 0 unspecified atom stereocenters. The number of likely N-dealkylation sites (tertiary alicyclic amines) is 1. The molecule has 11 heteroatoms. The molecule has 0 bridgehead atoms. The number of aromatic nitrogens is 1. The zero-order chi connectivity index (χ0) is 26.2. The van der Waals surface area contributed by atoms with Gasteiger partial charge in [-0.1, -0.05) is 41.9 Å². The van der Waals surface area contributed by atoms with E-state index in [-0.39, 0.29) is 23.5 Å². The van der Waals surface area contributed by atoms with Crippen LogP contribution >= 0.6 is 22.9 Å². The fourth-order valence-electron chi connectivity index (χ4n) is 4.06. The first-order chi connectivity index (χ1) is 18.0. The quantitative estimate of drug-likeness (QED) is 0.352. The number of nitrogens with zero attached hydrogens (tertiary/aromatic N) is 2. The van der Waals surface area contributed by atoms with Gasteiger partial charge in [-0.25, -0.2) is 9.78 Å². The molecule has 1 aromatic heterocycles. The standard InChI is InChI=1S/C26H27ClN4O5S/c1-35-22-14-21(20(27)13-18(22)15-32)29-23(33)9-12-31-10-7-19(8-11-31)36-26(34)30-25-24(37-16-28-25)17-5-3-2-4-6-17/h2-6,13-16,19H,7-12H2,1H3,(H,29,33)(H,30,34). The summed E-state index contributed by atoms with van der Waals surface area (Å²) < 4.78 is 10.8. The third-order valence-corrected chi connectivity index (χ3v) is 7.20. The van der Waals surface area contributed by atoms with Gasteiger partial charge in [-0.2, -0.15) is 0 Å². The summed E-state index contributed by atoms with van der Waals surface area (Å²) in [5.41, 5.74) is 3.38. The average Bonchev–Trinajstić information content (AvgIpc) is 3.37. The van der Waals surface area contributed by atoms with Crippen molar-refractivity contribution in [3.8, 4) is 16.2 Å². The lowest BCUT2D eigenvalue weighted by molar-refractivity contribution is -0.116. The molecule has 0 radical (unpaired) electrons. The molecular weight excluding hydrogens is 516 g/mol. The van der Waals surface area contributed by atoms with Gasteiger partial charge in [-0.15, -0.1) is 11.3 Å². The van der Waals surface area contributed by atoms with Crippen molar-refractivity contribution in [3.63, 3.8) is 0 Å². The van der Waals surface area contributed by atoms with Gasteiger partial charge in [0.1, 0.15) is 11.9 Å². The van der Waals surface area contributed by atoms with Crippen molar-refractivity contribution < 1.29 is 23.9 Å². The number of hydrogen-bond acceptors (Lipinski definition) is 8. The number of methoxy groups -OCH3 is 1. The summed E-state index contributed by atoms with van der Waals surface area (Å²) in [5.74, 6) is 0.632. The molecule has 1 aliphatic heterocycles. The van der Waals surface area contributed by atoms with E-state index in [0.717, 1.165) is 10.4 Å². The van der Waals surface area contributed by atoms with Gasteiger partial charge in [0.25, 0.3) is 0 Å². The van der Waals surface area contributed by atoms with Crippen molar-refractivity contribution in [1.82, 2.24) is 9.88 Å². The minimum absolute atomic E-state index is 0.196. The number of halogens is 1. The zero-order valence-electron chi connectivity index (χ0n) is 20.2. The number of anilines is 2. The van der Waals surface area contributed by atoms with E-state index in [0.29, 0.717) is 61.6 Å². The summed E-state index contributed by atoms with van der Waals surface area (Å²) in [7, 11) is 1.44. The van der Waals surface area contributed by atoms with Crippen LogP contribution in [0.5, 0.6) is 5.75 Å². The van der Waals surface area contributed by atoms with Crippen LogP contribution in [0.1, 0.15) is 29.6 Å². The van der Waals surface area contributed by atoms with Crippen LogP contribution < -0.4 is 15.4 Å². The third-order valence-electron chi connectivity index (χ3n) is 6.01. The first kappa shape index (κ1) is 26.6. The number of rotatable bonds is 9. The number of aldehydes is 1. The van der Waals surface area contributed by atoms with Crippen LogP contribution in [-0.4, -0.2) is 61.0 Å². The van der Waals surface area contributed by atoms with E-state index in [1.807, 2.05) is 30.3 Å². The highest BCUT2D eigenvalue weighted by molar-refractivity contribution is 7.13. The molecule has 1 fully saturated rings. The minimum Gasteiger partial charge on any atom is -0.496 e. The number of hydrogen-bond donors (Lipinski definition) is 2.